The third-order valence-corrected chi connectivity index (χ3v) is 4.60. The average Bonchev–Trinajstić information content (AvgIpc) is 3.19. The highest BCUT2D eigenvalue weighted by Crippen LogP contribution is 2.28. The van der Waals surface area contributed by atoms with Gasteiger partial charge in [-0.15, -0.1) is 0 Å². The number of nitrogens with zero attached hydrogens (tertiary/aromatic N) is 2. The van der Waals surface area contributed by atoms with Gasteiger partial charge in [-0.2, -0.15) is 5.10 Å². The summed E-state index contributed by atoms with van der Waals surface area (Å²) in [4.78, 5) is 0. The molecule has 0 bridgehead atoms. The van der Waals surface area contributed by atoms with E-state index in [4.69, 9.17) is 9.47 Å². The lowest BCUT2D eigenvalue weighted by molar-refractivity contribution is 0.306. The van der Waals surface area contributed by atoms with Crippen LogP contribution in [0.1, 0.15) is 11.3 Å². The van der Waals surface area contributed by atoms with Gasteiger partial charge in [0.25, 0.3) is 0 Å². The summed E-state index contributed by atoms with van der Waals surface area (Å²) >= 11 is 0. The fourth-order valence-corrected chi connectivity index (χ4v) is 3.09. The number of aromatic nitrogens is 2. The molecule has 0 spiro atoms. The molecule has 0 saturated heterocycles. The summed E-state index contributed by atoms with van der Waals surface area (Å²) in [5, 5.41) is 4.54. The predicted octanol–water partition coefficient (Wildman–Crippen LogP) is 5.44. The molecule has 1 aromatic heterocycles. The largest absolute Gasteiger partial charge is 0.497 e. The van der Waals surface area contributed by atoms with Crippen molar-refractivity contribution in [3.63, 3.8) is 0 Å². The van der Waals surface area contributed by atoms with E-state index >= 15 is 0 Å². The normalized spacial score (nSPS) is 10.6. The summed E-state index contributed by atoms with van der Waals surface area (Å²) in [6.07, 6.45) is 1.99. The zero-order valence-electron chi connectivity index (χ0n) is 16.0. The first-order valence-corrected chi connectivity index (χ1v) is 9.21. The second kappa shape index (κ2) is 8.01. The number of rotatable bonds is 6. The van der Waals surface area contributed by atoms with Crippen LogP contribution in [0.15, 0.2) is 85.1 Å². The van der Waals surface area contributed by atoms with Crippen molar-refractivity contribution in [2.75, 3.05) is 7.11 Å². The molecule has 0 radical (unpaired) electrons. The van der Waals surface area contributed by atoms with Gasteiger partial charge in [0.1, 0.15) is 18.1 Å². The molecule has 0 aliphatic rings. The number of ether oxygens (including phenoxy) is 2. The van der Waals surface area contributed by atoms with E-state index in [1.165, 1.54) is 0 Å². The monoisotopic (exact) mass is 370 g/mol. The first-order chi connectivity index (χ1) is 13.7. The van der Waals surface area contributed by atoms with Gasteiger partial charge in [-0.3, -0.25) is 0 Å². The van der Waals surface area contributed by atoms with Crippen LogP contribution in [-0.2, 0) is 6.61 Å². The zero-order chi connectivity index (χ0) is 19.3. The Bertz CT molecular complexity index is 1050. The van der Waals surface area contributed by atoms with E-state index in [-0.39, 0.29) is 0 Å². The molecular formula is C24H22N2O2. The van der Waals surface area contributed by atoms with Gasteiger partial charge in [-0.1, -0.05) is 42.5 Å². The Balaban J connectivity index is 1.50. The molecule has 0 atom stereocenters. The van der Waals surface area contributed by atoms with Gasteiger partial charge in [0.05, 0.1) is 18.5 Å². The van der Waals surface area contributed by atoms with E-state index in [1.807, 2.05) is 72.4 Å². The van der Waals surface area contributed by atoms with Crippen LogP contribution in [0.3, 0.4) is 0 Å². The summed E-state index contributed by atoms with van der Waals surface area (Å²) in [5.74, 6) is 1.69. The number of hydrogen-bond donors (Lipinski definition) is 0. The third kappa shape index (κ3) is 3.91. The molecule has 4 aromatic rings. The Morgan fingerprint density at radius 3 is 2.21 bits per heavy atom. The maximum absolute atomic E-state index is 5.92. The second-order valence-corrected chi connectivity index (χ2v) is 6.58. The van der Waals surface area contributed by atoms with Crippen molar-refractivity contribution in [3.05, 3.63) is 96.3 Å². The third-order valence-electron chi connectivity index (χ3n) is 4.60. The van der Waals surface area contributed by atoms with Crippen LogP contribution in [0.2, 0.25) is 0 Å². The maximum atomic E-state index is 5.92. The quantitative estimate of drug-likeness (QED) is 0.454. The molecule has 4 rings (SSSR count). The van der Waals surface area contributed by atoms with E-state index in [0.717, 1.165) is 39.6 Å². The van der Waals surface area contributed by atoms with Crippen molar-refractivity contribution in [2.45, 2.75) is 13.5 Å². The molecule has 0 amide bonds. The lowest BCUT2D eigenvalue weighted by atomic mass is 10.0. The van der Waals surface area contributed by atoms with Gasteiger partial charge in [-0.05, 0) is 54.4 Å². The average molecular weight is 370 g/mol. The molecule has 28 heavy (non-hydrogen) atoms. The van der Waals surface area contributed by atoms with Gasteiger partial charge < -0.3 is 9.47 Å². The Morgan fingerprint density at radius 2 is 1.54 bits per heavy atom. The van der Waals surface area contributed by atoms with Crippen molar-refractivity contribution in [3.8, 4) is 28.3 Å². The first-order valence-electron chi connectivity index (χ1n) is 9.21. The number of para-hydroxylation sites is 1. The van der Waals surface area contributed by atoms with Crippen LogP contribution in [0, 0.1) is 6.92 Å². The van der Waals surface area contributed by atoms with Crippen LogP contribution in [-0.4, -0.2) is 16.9 Å². The Morgan fingerprint density at radius 1 is 0.821 bits per heavy atom. The minimum Gasteiger partial charge on any atom is -0.497 e. The molecule has 4 heteroatoms. The summed E-state index contributed by atoms with van der Waals surface area (Å²) in [7, 11) is 1.67. The SMILES string of the molecule is COc1ccc(COc2ccc(-c3ccccc3-n3ccc(C)n3)cc2)cc1. The Hall–Kier alpha value is -3.53. The van der Waals surface area contributed by atoms with Crippen molar-refractivity contribution in [2.24, 2.45) is 0 Å². The summed E-state index contributed by atoms with van der Waals surface area (Å²) < 4.78 is 13.0. The Kier molecular flexibility index (Phi) is 5.11. The topological polar surface area (TPSA) is 36.3 Å². The molecule has 3 aromatic carbocycles. The smallest absolute Gasteiger partial charge is 0.119 e. The molecule has 1 heterocycles. The van der Waals surface area contributed by atoms with E-state index < -0.39 is 0 Å². The van der Waals surface area contributed by atoms with Crippen LogP contribution < -0.4 is 9.47 Å². The lowest BCUT2D eigenvalue weighted by Gasteiger charge is -2.11. The summed E-state index contributed by atoms with van der Waals surface area (Å²) in [6, 6.07) is 26.3. The predicted molar refractivity (Wildman–Crippen MR) is 111 cm³/mol. The van der Waals surface area contributed by atoms with E-state index in [1.54, 1.807) is 7.11 Å². The van der Waals surface area contributed by atoms with Gasteiger partial charge in [0.15, 0.2) is 0 Å². The zero-order valence-corrected chi connectivity index (χ0v) is 16.0. The minimum absolute atomic E-state index is 0.520. The van der Waals surface area contributed by atoms with Crippen LogP contribution in [0.25, 0.3) is 16.8 Å². The van der Waals surface area contributed by atoms with Crippen molar-refractivity contribution in [1.29, 1.82) is 0 Å². The Labute approximate surface area is 165 Å². The molecule has 140 valence electrons. The first kappa shape index (κ1) is 17.9. The molecular weight excluding hydrogens is 348 g/mol. The molecule has 0 fully saturated rings. The number of methoxy groups -OCH3 is 1. The van der Waals surface area contributed by atoms with Crippen LogP contribution in [0.4, 0.5) is 0 Å². The molecule has 4 nitrogen and oxygen atoms in total. The fraction of sp³-hybridized carbons (Fsp3) is 0.125. The second-order valence-electron chi connectivity index (χ2n) is 6.58. The van der Waals surface area contributed by atoms with Gasteiger partial charge in [0.2, 0.25) is 0 Å². The molecule has 0 aliphatic carbocycles. The van der Waals surface area contributed by atoms with E-state index in [9.17, 15) is 0 Å². The van der Waals surface area contributed by atoms with Crippen molar-refractivity contribution in [1.82, 2.24) is 9.78 Å². The van der Waals surface area contributed by atoms with Crippen molar-refractivity contribution < 1.29 is 9.47 Å². The molecule has 0 aliphatic heterocycles. The van der Waals surface area contributed by atoms with Crippen LogP contribution in [0.5, 0.6) is 11.5 Å². The van der Waals surface area contributed by atoms with E-state index in [0.29, 0.717) is 6.61 Å². The fourth-order valence-electron chi connectivity index (χ4n) is 3.09. The minimum atomic E-state index is 0.520. The number of hydrogen-bond acceptors (Lipinski definition) is 3. The summed E-state index contributed by atoms with van der Waals surface area (Å²) in [6.45, 7) is 2.51. The maximum Gasteiger partial charge on any atom is 0.119 e. The molecule has 0 unspecified atom stereocenters. The highest BCUT2D eigenvalue weighted by molar-refractivity contribution is 5.73. The standard InChI is InChI=1S/C24H22N2O2/c1-18-15-16-26(25-18)24-6-4-3-5-23(24)20-9-13-22(14-10-20)28-17-19-7-11-21(27-2)12-8-19/h3-16H,17H2,1-2H3. The van der Waals surface area contributed by atoms with Gasteiger partial charge >= 0.3 is 0 Å². The molecule has 0 saturated carbocycles. The highest BCUT2D eigenvalue weighted by atomic mass is 16.5. The van der Waals surface area contributed by atoms with Gasteiger partial charge in [-0.25, -0.2) is 4.68 Å². The van der Waals surface area contributed by atoms with Crippen LogP contribution >= 0.6 is 0 Å². The summed E-state index contributed by atoms with van der Waals surface area (Å²) in [5.41, 5.74) is 5.41. The van der Waals surface area contributed by atoms with E-state index in [2.05, 4.69) is 29.4 Å². The van der Waals surface area contributed by atoms with Gasteiger partial charge in [0, 0.05) is 11.8 Å². The lowest BCUT2D eigenvalue weighted by Crippen LogP contribution is -1.98. The number of aryl methyl sites for hydroxylation is 1. The molecule has 0 N–H and O–H groups in total. The number of benzene rings is 3. The highest BCUT2D eigenvalue weighted by Gasteiger charge is 2.08. The van der Waals surface area contributed by atoms with Crippen molar-refractivity contribution >= 4 is 0 Å².